The lowest BCUT2D eigenvalue weighted by atomic mass is 9.91. The first-order valence-corrected chi connectivity index (χ1v) is 9.82. The zero-order valence-corrected chi connectivity index (χ0v) is 15.7. The zero-order valence-electron chi connectivity index (χ0n) is 15.0. The molecule has 2 aromatic rings. The third kappa shape index (κ3) is 4.00. The Kier molecular flexibility index (Phi) is 5.16. The Hall–Kier alpha value is -2.34. The van der Waals surface area contributed by atoms with E-state index in [1.165, 1.54) is 0 Å². The quantitative estimate of drug-likeness (QED) is 0.843. The zero-order chi connectivity index (χ0) is 18.8. The van der Waals surface area contributed by atoms with Crippen molar-refractivity contribution >= 4 is 23.4 Å². The van der Waals surface area contributed by atoms with Gasteiger partial charge in [0.05, 0.1) is 0 Å². The lowest BCUT2D eigenvalue weighted by Crippen LogP contribution is -2.39. The van der Waals surface area contributed by atoms with E-state index in [0.29, 0.717) is 29.1 Å². The summed E-state index contributed by atoms with van der Waals surface area (Å²) in [5, 5.41) is 10.6. The molecule has 6 nitrogen and oxygen atoms in total. The van der Waals surface area contributed by atoms with Crippen LogP contribution in [-0.2, 0) is 12.8 Å². The van der Waals surface area contributed by atoms with E-state index in [2.05, 4.69) is 15.8 Å². The van der Waals surface area contributed by atoms with E-state index in [9.17, 15) is 9.59 Å². The molecule has 1 saturated carbocycles. The molecule has 0 radical (unpaired) electrons. The fraction of sp³-hybridized carbons (Fsp3) is 0.450. The lowest BCUT2D eigenvalue weighted by molar-refractivity contribution is 0.0925. The van der Waals surface area contributed by atoms with Crippen molar-refractivity contribution in [3.8, 4) is 0 Å². The van der Waals surface area contributed by atoms with Gasteiger partial charge in [-0.2, -0.15) is 0 Å². The number of rotatable bonds is 4. The van der Waals surface area contributed by atoms with E-state index in [1.54, 1.807) is 24.3 Å². The molecule has 1 unspecified atom stereocenters. The molecule has 27 heavy (non-hydrogen) atoms. The van der Waals surface area contributed by atoms with Crippen molar-refractivity contribution < 1.29 is 14.1 Å². The Labute approximate surface area is 162 Å². The molecule has 1 fully saturated rings. The minimum Gasteiger partial charge on any atom is -0.360 e. The van der Waals surface area contributed by atoms with Crippen molar-refractivity contribution in [2.24, 2.45) is 0 Å². The monoisotopic (exact) mass is 387 g/mol. The third-order valence-corrected chi connectivity index (χ3v) is 5.60. The minimum atomic E-state index is -0.172. The highest BCUT2D eigenvalue weighted by Crippen LogP contribution is 2.26. The third-order valence-electron chi connectivity index (χ3n) is 5.37. The van der Waals surface area contributed by atoms with Crippen LogP contribution in [-0.4, -0.2) is 29.1 Å². The number of carbonyl (C=O) groups is 2. The molecule has 142 valence electrons. The molecule has 1 heterocycles. The number of nitrogens with zero attached hydrogens (tertiary/aromatic N) is 1. The molecule has 0 aliphatic heterocycles. The molecule has 1 aromatic heterocycles. The molecule has 0 saturated heterocycles. The van der Waals surface area contributed by atoms with Crippen molar-refractivity contribution in [2.75, 3.05) is 0 Å². The molecular formula is C20H22ClN3O3. The molecular weight excluding hydrogens is 366 g/mol. The number of aromatic nitrogens is 1. The second-order valence-electron chi connectivity index (χ2n) is 7.31. The van der Waals surface area contributed by atoms with E-state index in [1.807, 2.05) is 0 Å². The number of hydrogen-bond acceptors (Lipinski definition) is 4. The first-order chi connectivity index (χ1) is 13.1. The van der Waals surface area contributed by atoms with Gasteiger partial charge in [0.25, 0.3) is 11.8 Å². The highest BCUT2D eigenvalue weighted by Gasteiger charge is 2.30. The van der Waals surface area contributed by atoms with Crippen LogP contribution < -0.4 is 10.6 Å². The van der Waals surface area contributed by atoms with Crippen LogP contribution in [0.25, 0.3) is 0 Å². The maximum atomic E-state index is 12.6. The van der Waals surface area contributed by atoms with Crippen LogP contribution in [0.1, 0.15) is 64.3 Å². The van der Waals surface area contributed by atoms with Crippen LogP contribution in [0.5, 0.6) is 0 Å². The summed E-state index contributed by atoms with van der Waals surface area (Å²) in [5.74, 6) is 0.410. The maximum absolute atomic E-state index is 12.6. The number of hydrogen-bond donors (Lipinski definition) is 2. The van der Waals surface area contributed by atoms with Crippen LogP contribution in [0, 0.1) is 0 Å². The average molecular weight is 388 g/mol. The van der Waals surface area contributed by atoms with E-state index < -0.39 is 0 Å². The van der Waals surface area contributed by atoms with Gasteiger partial charge in [-0.1, -0.05) is 35.7 Å². The van der Waals surface area contributed by atoms with E-state index in [0.717, 1.165) is 43.4 Å². The lowest BCUT2D eigenvalue weighted by Gasteiger charge is -2.22. The fourth-order valence-corrected chi connectivity index (χ4v) is 4.12. The van der Waals surface area contributed by atoms with Crippen LogP contribution in [0.2, 0.25) is 5.02 Å². The second-order valence-corrected chi connectivity index (χ2v) is 7.75. The van der Waals surface area contributed by atoms with Gasteiger partial charge in [-0.3, -0.25) is 9.59 Å². The van der Waals surface area contributed by atoms with Gasteiger partial charge in [-0.25, -0.2) is 0 Å². The molecule has 4 rings (SSSR count). The summed E-state index contributed by atoms with van der Waals surface area (Å²) in [7, 11) is 0. The van der Waals surface area contributed by atoms with Gasteiger partial charge in [0.15, 0.2) is 5.69 Å². The predicted molar refractivity (Wildman–Crippen MR) is 101 cm³/mol. The van der Waals surface area contributed by atoms with Crippen LogP contribution in [0.15, 0.2) is 28.8 Å². The Morgan fingerprint density at radius 1 is 1.07 bits per heavy atom. The normalized spacial score (nSPS) is 19.5. The molecule has 1 aromatic carbocycles. The second kappa shape index (κ2) is 7.72. The summed E-state index contributed by atoms with van der Waals surface area (Å²) in [6, 6.07) is 7.02. The summed E-state index contributed by atoms with van der Waals surface area (Å²) in [4.78, 5) is 25.1. The van der Waals surface area contributed by atoms with Crippen molar-refractivity contribution in [1.29, 1.82) is 0 Å². The topological polar surface area (TPSA) is 84.2 Å². The molecule has 1 atom stereocenters. The summed E-state index contributed by atoms with van der Waals surface area (Å²) in [6.07, 6.45) is 6.28. The summed E-state index contributed by atoms with van der Waals surface area (Å²) >= 11 is 5.96. The van der Waals surface area contributed by atoms with Crippen LogP contribution in [0.4, 0.5) is 0 Å². The van der Waals surface area contributed by atoms with Crippen LogP contribution in [0.3, 0.4) is 0 Å². The maximum Gasteiger partial charge on any atom is 0.273 e. The average Bonchev–Trinajstić information content (AvgIpc) is 3.31. The standard InChI is InChI=1S/C20H22ClN3O3/c21-13-5-3-4-12(10-13)19(25)23-15-8-9-17-16(11-15)18(24-27-17)20(26)22-14-6-1-2-7-14/h3-5,10,14-15H,1-2,6-9,11H2,(H,22,26)(H,23,25). The number of nitrogens with one attached hydrogen (secondary N) is 2. The predicted octanol–water partition coefficient (Wildman–Crippen LogP) is 3.29. The van der Waals surface area contributed by atoms with Crippen LogP contribution >= 0.6 is 11.6 Å². The molecule has 0 bridgehead atoms. The number of amides is 2. The van der Waals surface area contributed by atoms with Crippen molar-refractivity contribution in [3.63, 3.8) is 0 Å². The smallest absolute Gasteiger partial charge is 0.273 e. The van der Waals surface area contributed by atoms with Gasteiger partial charge in [-0.15, -0.1) is 0 Å². The molecule has 2 aliphatic rings. The first kappa shape index (κ1) is 18.0. The highest BCUT2D eigenvalue weighted by molar-refractivity contribution is 6.30. The Balaban J connectivity index is 1.43. The number of fused-ring (bicyclic) bond motifs is 1. The molecule has 2 N–H and O–H groups in total. The van der Waals surface area contributed by atoms with Gasteiger partial charge >= 0.3 is 0 Å². The summed E-state index contributed by atoms with van der Waals surface area (Å²) in [5.41, 5.74) is 1.70. The van der Waals surface area contributed by atoms with Gasteiger partial charge in [0, 0.05) is 34.7 Å². The van der Waals surface area contributed by atoms with Crippen molar-refractivity contribution in [3.05, 3.63) is 51.9 Å². The summed E-state index contributed by atoms with van der Waals surface area (Å²) in [6.45, 7) is 0. The SMILES string of the molecule is O=C(NC1CCc2onc(C(=O)NC3CCCC3)c2C1)c1cccc(Cl)c1. The molecule has 2 amide bonds. The molecule has 0 spiro atoms. The van der Waals surface area contributed by atoms with E-state index >= 15 is 0 Å². The van der Waals surface area contributed by atoms with Crippen molar-refractivity contribution in [1.82, 2.24) is 15.8 Å². The Morgan fingerprint density at radius 2 is 1.85 bits per heavy atom. The van der Waals surface area contributed by atoms with Crippen molar-refractivity contribution in [2.45, 2.75) is 57.0 Å². The fourth-order valence-electron chi connectivity index (χ4n) is 3.93. The minimum absolute atomic E-state index is 0.0681. The summed E-state index contributed by atoms with van der Waals surface area (Å²) < 4.78 is 5.39. The van der Waals surface area contributed by atoms with E-state index in [-0.39, 0.29) is 23.9 Å². The highest BCUT2D eigenvalue weighted by atomic mass is 35.5. The number of benzene rings is 1. The number of aryl methyl sites for hydroxylation is 1. The van der Waals surface area contributed by atoms with E-state index in [4.69, 9.17) is 16.1 Å². The Bertz CT molecular complexity index is 858. The Morgan fingerprint density at radius 3 is 2.63 bits per heavy atom. The first-order valence-electron chi connectivity index (χ1n) is 9.45. The van der Waals surface area contributed by atoms with Gasteiger partial charge in [0.2, 0.25) is 0 Å². The van der Waals surface area contributed by atoms with Gasteiger partial charge in [0.1, 0.15) is 5.76 Å². The number of carbonyl (C=O) groups excluding carboxylic acids is 2. The molecule has 7 heteroatoms. The van der Waals surface area contributed by atoms with Gasteiger partial charge in [-0.05, 0) is 43.9 Å². The number of halogens is 1. The largest absolute Gasteiger partial charge is 0.360 e. The van der Waals surface area contributed by atoms with Gasteiger partial charge < -0.3 is 15.2 Å². The molecule has 2 aliphatic carbocycles.